The van der Waals surface area contributed by atoms with Crippen LogP contribution in [0.15, 0.2) is 48.7 Å². The van der Waals surface area contributed by atoms with Crippen LogP contribution in [0.3, 0.4) is 0 Å². The van der Waals surface area contributed by atoms with Crippen molar-refractivity contribution in [1.82, 2.24) is 15.0 Å². The van der Waals surface area contributed by atoms with E-state index in [9.17, 15) is 4.39 Å². The maximum atomic E-state index is 14.1. The number of hydrogen-bond donors (Lipinski definition) is 3. The van der Waals surface area contributed by atoms with Gasteiger partial charge in [0.05, 0.1) is 17.1 Å². The third-order valence-corrected chi connectivity index (χ3v) is 4.14. The number of aromatic nitrogens is 3. The van der Waals surface area contributed by atoms with E-state index in [0.717, 1.165) is 3.57 Å². The molecule has 0 radical (unpaired) electrons. The molecular weight excluding hydrogens is 448 g/mol. The summed E-state index contributed by atoms with van der Waals surface area (Å²) in [6.07, 6.45) is 2.26. The summed E-state index contributed by atoms with van der Waals surface area (Å²) >= 11 is 2.06. The Hall–Kier alpha value is -2.33. The summed E-state index contributed by atoms with van der Waals surface area (Å²) in [5.74, 6) is 0.479. The Bertz CT molecular complexity index is 879. The third kappa shape index (κ3) is 4.85. The predicted molar refractivity (Wildman–Crippen MR) is 108 cm³/mol. The lowest BCUT2D eigenvalue weighted by Gasteiger charge is -2.11. The van der Waals surface area contributed by atoms with Crippen LogP contribution >= 0.6 is 22.6 Å². The van der Waals surface area contributed by atoms with Crippen molar-refractivity contribution in [2.75, 3.05) is 23.8 Å². The van der Waals surface area contributed by atoms with Gasteiger partial charge in [0.15, 0.2) is 0 Å². The van der Waals surface area contributed by atoms with Crippen molar-refractivity contribution >= 4 is 40.0 Å². The molecule has 0 amide bonds. The highest BCUT2D eigenvalue weighted by molar-refractivity contribution is 14.1. The number of nitrogens with zero attached hydrogens (tertiary/aromatic N) is 3. The van der Waals surface area contributed by atoms with Gasteiger partial charge in [-0.25, -0.2) is 9.37 Å². The van der Waals surface area contributed by atoms with Gasteiger partial charge in [-0.1, -0.05) is 6.07 Å². The molecule has 0 bridgehead atoms. The quantitative estimate of drug-likeness (QED) is 0.364. The molecule has 2 heterocycles. The van der Waals surface area contributed by atoms with Crippen molar-refractivity contribution in [3.05, 3.63) is 58.0 Å². The smallest absolute Gasteiger partial charge is 0.225 e. The minimum atomic E-state index is -0.357. The van der Waals surface area contributed by atoms with Gasteiger partial charge in [-0.3, -0.25) is 4.98 Å². The molecule has 2 aromatic heterocycles. The van der Waals surface area contributed by atoms with Crippen LogP contribution < -0.4 is 10.6 Å². The minimum absolute atomic E-state index is 0.0753. The third-order valence-electron chi connectivity index (χ3n) is 3.47. The Morgan fingerprint density at radius 1 is 1.08 bits per heavy atom. The highest BCUT2D eigenvalue weighted by Gasteiger charge is 2.10. The maximum absolute atomic E-state index is 14.1. The first-order chi connectivity index (χ1) is 12.7. The van der Waals surface area contributed by atoms with Crippen molar-refractivity contribution in [1.29, 1.82) is 0 Å². The van der Waals surface area contributed by atoms with Crippen LogP contribution in [0.2, 0.25) is 0 Å². The molecule has 26 heavy (non-hydrogen) atoms. The van der Waals surface area contributed by atoms with E-state index in [0.29, 0.717) is 41.8 Å². The van der Waals surface area contributed by atoms with Crippen LogP contribution in [-0.4, -0.2) is 33.2 Å². The number of halogens is 2. The molecule has 8 heteroatoms. The Morgan fingerprint density at radius 3 is 2.69 bits per heavy atom. The largest absolute Gasteiger partial charge is 0.396 e. The number of benzene rings is 1. The molecule has 0 atom stereocenters. The minimum Gasteiger partial charge on any atom is -0.396 e. The molecule has 0 saturated heterocycles. The van der Waals surface area contributed by atoms with Crippen LogP contribution in [0.1, 0.15) is 6.42 Å². The van der Waals surface area contributed by atoms with Crippen molar-refractivity contribution in [2.45, 2.75) is 6.42 Å². The van der Waals surface area contributed by atoms with Crippen molar-refractivity contribution in [3.63, 3.8) is 0 Å². The molecular formula is C18H17FIN5O. The molecule has 0 aliphatic rings. The monoisotopic (exact) mass is 465 g/mol. The van der Waals surface area contributed by atoms with Crippen LogP contribution in [-0.2, 0) is 0 Å². The van der Waals surface area contributed by atoms with E-state index in [2.05, 4.69) is 48.2 Å². The van der Waals surface area contributed by atoms with Gasteiger partial charge in [0.25, 0.3) is 0 Å². The summed E-state index contributed by atoms with van der Waals surface area (Å²) in [7, 11) is 0. The van der Waals surface area contributed by atoms with E-state index in [-0.39, 0.29) is 12.4 Å². The zero-order valence-electron chi connectivity index (χ0n) is 13.8. The van der Waals surface area contributed by atoms with Gasteiger partial charge in [-0.15, -0.1) is 0 Å². The van der Waals surface area contributed by atoms with E-state index >= 15 is 0 Å². The standard InChI is InChI=1S/C18H17FIN5O/c19-13-10-12(20)5-6-14(13)23-17-11-16(15-4-1-2-7-21-15)24-18(25-17)22-8-3-9-26/h1-2,4-7,10-11,26H,3,8-9H2,(H2,22,23,24,25). The summed E-state index contributed by atoms with van der Waals surface area (Å²) in [6, 6.07) is 12.2. The Kier molecular flexibility index (Phi) is 6.29. The zero-order valence-corrected chi connectivity index (χ0v) is 15.9. The molecule has 3 N–H and O–H groups in total. The molecule has 0 fully saturated rings. The summed E-state index contributed by atoms with van der Waals surface area (Å²) in [5, 5.41) is 15.0. The molecule has 0 aliphatic heterocycles. The summed E-state index contributed by atoms with van der Waals surface area (Å²) in [5.41, 5.74) is 1.63. The van der Waals surface area contributed by atoms with Gasteiger partial charge in [0, 0.05) is 29.0 Å². The van der Waals surface area contributed by atoms with E-state index in [1.807, 2.05) is 24.3 Å². The van der Waals surface area contributed by atoms with Crippen LogP contribution in [0.25, 0.3) is 11.4 Å². The van der Waals surface area contributed by atoms with Gasteiger partial charge < -0.3 is 15.7 Å². The second-order valence-electron chi connectivity index (χ2n) is 5.43. The summed E-state index contributed by atoms with van der Waals surface area (Å²) in [4.78, 5) is 13.1. The average Bonchev–Trinajstić information content (AvgIpc) is 2.65. The molecule has 3 rings (SSSR count). The average molecular weight is 465 g/mol. The number of nitrogens with one attached hydrogen (secondary N) is 2. The number of rotatable bonds is 7. The molecule has 0 spiro atoms. The number of hydrogen-bond acceptors (Lipinski definition) is 6. The molecule has 134 valence electrons. The number of pyridine rings is 1. The SMILES string of the molecule is OCCCNc1nc(Nc2ccc(I)cc2F)cc(-c2ccccn2)n1. The van der Waals surface area contributed by atoms with Crippen molar-refractivity contribution < 1.29 is 9.50 Å². The molecule has 0 saturated carbocycles. The first-order valence-corrected chi connectivity index (χ1v) is 9.11. The lowest BCUT2D eigenvalue weighted by molar-refractivity contribution is 0.292. The van der Waals surface area contributed by atoms with Crippen molar-refractivity contribution in [2.24, 2.45) is 0 Å². The summed E-state index contributed by atoms with van der Waals surface area (Å²) in [6.45, 7) is 0.603. The van der Waals surface area contributed by atoms with Gasteiger partial charge >= 0.3 is 0 Å². The Labute approximate surface area is 164 Å². The highest BCUT2D eigenvalue weighted by Crippen LogP contribution is 2.24. The first-order valence-electron chi connectivity index (χ1n) is 8.03. The van der Waals surface area contributed by atoms with Crippen LogP contribution in [0.5, 0.6) is 0 Å². The lowest BCUT2D eigenvalue weighted by atomic mass is 10.2. The van der Waals surface area contributed by atoms with Gasteiger partial charge in [0.2, 0.25) is 5.95 Å². The van der Waals surface area contributed by atoms with Gasteiger partial charge in [-0.2, -0.15) is 4.98 Å². The normalized spacial score (nSPS) is 10.6. The predicted octanol–water partition coefficient (Wildman–Crippen LogP) is 3.82. The summed E-state index contributed by atoms with van der Waals surface area (Å²) < 4.78 is 15.0. The van der Waals surface area contributed by atoms with E-state index in [1.165, 1.54) is 6.07 Å². The number of aliphatic hydroxyl groups excluding tert-OH is 1. The van der Waals surface area contributed by atoms with Gasteiger partial charge in [0.1, 0.15) is 11.6 Å². The fraction of sp³-hybridized carbons (Fsp3) is 0.167. The molecule has 3 aromatic rings. The van der Waals surface area contributed by atoms with Crippen LogP contribution in [0, 0.1) is 9.39 Å². The number of anilines is 3. The second-order valence-corrected chi connectivity index (χ2v) is 6.68. The van der Waals surface area contributed by atoms with Crippen LogP contribution in [0.4, 0.5) is 21.8 Å². The maximum Gasteiger partial charge on any atom is 0.225 e. The lowest BCUT2D eigenvalue weighted by Crippen LogP contribution is -2.09. The van der Waals surface area contributed by atoms with Crippen molar-refractivity contribution in [3.8, 4) is 11.4 Å². The van der Waals surface area contributed by atoms with Gasteiger partial charge in [-0.05, 0) is 59.3 Å². The topological polar surface area (TPSA) is 83.0 Å². The molecule has 0 aliphatic carbocycles. The zero-order chi connectivity index (χ0) is 18.4. The Morgan fingerprint density at radius 2 is 1.96 bits per heavy atom. The van der Waals surface area contributed by atoms with E-state index < -0.39 is 0 Å². The molecule has 0 unspecified atom stereocenters. The molecule has 1 aromatic carbocycles. The number of aliphatic hydroxyl groups is 1. The first kappa shape index (κ1) is 18.5. The van der Waals surface area contributed by atoms with E-state index in [4.69, 9.17) is 5.11 Å². The van der Waals surface area contributed by atoms with E-state index in [1.54, 1.807) is 18.3 Å². The fourth-order valence-corrected chi connectivity index (χ4v) is 2.70. The highest BCUT2D eigenvalue weighted by atomic mass is 127. The fourth-order valence-electron chi connectivity index (χ4n) is 2.24. The Balaban J connectivity index is 1.93. The second kappa shape index (κ2) is 8.86. The molecule has 6 nitrogen and oxygen atoms in total.